The summed E-state index contributed by atoms with van der Waals surface area (Å²) >= 11 is 5.66. The van der Waals surface area contributed by atoms with E-state index in [0.717, 1.165) is 6.42 Å². The molecule has 0 aliphatic carbocycles. The fourth-order valence-corrected chi connectivity index (χ4v) is 5.32. The number of methoxy groups -OCH3 is 1. The van der Waals surface area contributed by atoms with Gasteiger partial charge in [-0.3, -0.25) is 0 Å². The van der Waals surface area contributed by atoms with Gasteiger partial charge in [0.1, 0.15) is 30.0 Å². The third-order valence-corrected chi connectivity index (χ3v) is 7.98. The molecule has 0 spiro atoms. The molecule has 4 heterocycles. The number of benzene rings is 1. The lowest BCUT2D eigenvalue weighted by molar-refractivity contribution is -0.212. The van der Waals surface area contributed by atoms with Crippen LogP contribution in [-0.4, -0.2) is 91.0 Å². The van der Waals surface area contributed by atoms with E-state index in [2.05, 4.69) is 27.5 Å². The van der Waals surface area contributed by atoms with Crippen LogP contribution >= 0.6 is 11.6 Å². The lowest BCUT2D eigenvalue weighted by Crippen LogP contribution is -2.57. The molecule has 0 bridgehead atoms. The predicted molar refractivity (Wildman–Crippen MR) is 129 cm³/mol. The molecule has 1 aromatic carbocycles. The van der Waals surface area contributed by atoms with Crippen LogP contribution in [0.1, 0.15) is 32.0 Å². The lowest BCUT2D eigenvalue weighted by Gasteiger charge is -2.43. The molecule has 206 valence electrons. The van der Waals surface area contributed by atoms with Gasteiger partial charge < -0.3 is 24.4 Å². The van der Waals surface area contributed by atoms with Gasteiger partial charge in [-0.2, -0.15) is 0 Å². The average molecular weight is 555 g/mol. The van der Waals surface area contributed by atoms with Gasteiger partial charge in [0.25, 0.3) is 0 Å². The average Bonchev–Trinajstić information content (AvgIpc) is 3.65. The highest BCUT2D eigenvalue weighted by Crippen LogP contribution is 2.36. The number of rotatable bonds is 7. The zero-order chi connectivity index (χ0) is 27.2. The highest BCUT2D eigenvalue weighted by Gasteiger charge is 2.47. The van der Waals surface area contributed by atoms with Crippen molar-refractivity contribution in [1.82, 2.24) is 30.0 Å². The quantitative estimate of drug-likeness (QED) is 0.421. The van der Waals surface area contributed by atoms with Gasteiger partial charge in [0.15, 0.2) is 11.6 Å². The topological polar surface area (TPSA) is 130 Å². The molecule has 2 N–H and O–H groups in total. The van der Waals surface area contributed by atoms with Crippen LogP contribution < -0.4 is 0 Å². The fourth-order valence-electron chi connectivity index (χ4n) is 5.17. The summed E-state index contributed by atoms with van der Waals surface area (Å²) < 4.78 is 49.1. The normalized spacial score (nSPS) is 31.7. The number of aromatic nitrogens is 6. The van der Waals surface area contributed by atoms with Crippen LogP contribution in [0.4, 0.5) is 8.78 Å². The second-order valence-electron chi connectivity index (χ2n) is 9.86. The minimum absolute atomic E-state index is 0.0338. The third-order valence-electron chi connectivity index (χ3n) is 7.69. The van der Waals surface area contributed by atoms with Crippen molar-refractivity contribution in [2.45, 2.75) is 68.8 Å². The van der Waals surface area contributed by atoms with Gasteiger partial charge in [-0.1, -0.05) is 22.0 Å². The molecule has 0 unspecified atom stereocenters. The maximum atomic E-state index is 14.5. The molecule has 2 aliphatic rings. The van der Waals surface area contributed by atoms with Crippen LogP contribution in [-0.2, 0) is 26.2 Å². The van der Waals surface area contributed by atoms with Crippen LogP contribution in [0, 0.1) is 11.6 Å². The first kappa shape index (κ1) is 27.0. The molecule has 0 saturated carbocycles. The first-order chi connectivity index (χ1) is 18.2. The Hall–Kier alpha value is -2.55. The highest BCUT2D eigenvalue weighted by atomic mass is 35.5. The summed E-state index contributed by atoms with van der Waals surface area (Å²) in [5.41, 5.74) is 0.188. The van der Waals surface area contributed by atoms with E-state index < -0.39 is 48.7 Å². The largest absolute Gasteiger partial charge is 0.394 e. The van der Waals surface area contributed by atoms with Gasteiger partial charge in [0, 0.05) is 31.9 Å². The molecule has 2 saturated heterocycles. The minimum atomic E-state index is -1.24. The smallest absolute Gasteiger partial charge is 0.178 e. The standard InChI is InChI=1S/C24H29ClF2N6O5/c1-12-24(2,6-7-37-12)33-9-13(28-31-33)8-17-23(36-3)21(22(35)18(11-34)38-17)32-10-16(29-30-32)14-4-5-15(25)20(27)19(14)26/h4-5,9-10,12,17-18,21-23,34-35H,6-8,11H2,1-3H3/t12-,17-,18-,21+,22+,23+,24-/m1/s1. The van der Waals surface area contributed by atoms with Crippen molar-refractivity contribution in [3.05, 3.63) is 46.9 Å². The van der Waals surface area contributed by atoms with E-state index in [4.69, 9.17) is 25.8 Å². The van der Waals surface area contributed by atoms with Gasteiger partial charge in [-0.05, 0) is 32.4 Å². The van der Waals surface area contributed by atoms with Gasteiger partial charge >= 0.3 is 0 Å². The second-order valence-corrected chi connectivity index (χ2v) is 10.3. The van der Waals surface area contributed by atoms with Gasteiger partial charge in [0.2, 0.25) is 0 Å². The van der Waals surface area contributed by atoms with Crippen molar-refractivity contribution in [2.24, 2.45) is 0 Å². The Morgan fingerprint density at radius 2 is 1.97 bits per heavy atom. The van der Waals surface area contributed by atoms with Crippen molar-refractivity contribution >= 4 is 11.6 Å². The molecule has 0 amide bonds. The van der Waals surface area contributed by atoms with Crippen molar-refractivity contribution in [2.75, 3.05) is 20.3 Å². The molecule has 5 rings (SSSR count). The van der Waals surface area contributed by atoms with E-state index >= 15 is 0 Å². The number of halogens is 3. The Bertz CT molecular complexity index is 1290. The molecule has 11 nitrogen and oxygen atoms in total. The molecule has 2 fully saturated rings. The van der Waals surface area contributed by atoms with E-state index in [0.29, 0.717) is 12.3 Å². The van der Waals surface area contributed by atoms with E-state index in [1.54, 1.807) is 4.68 Å². The molecule has 2 aliphatic heterocycles. The maximum absolute atomic E-state index is 14.5. The van der Waals surface area contributed by atoms with E-state index in [9.17, 15) is 19.0 Å². The third kappa shape index (κ3) is 4.61. The second kappa shape index (κ2) is 10.5. The molecule has 14 heteroatoms. The van der Waals surface area contributed by atoms with E-state index in [1.165, 1.54) is 30.1 Å². The van der Waals surface area contributed by atoms with Crippen LogP contribution in [0.15, 0.2) is 24.5 Å². The summed E-state index contributed by atoms with van der Waals surface area (Å²) in [7, 11) is 1.46. The van der Waals surface area contributed by atoms with Gasteiger partial charge in [-0.25, -0.2) is 18.1 Å². The van der Waals surface area contributed by atoms with Crippen molar-refractivity contribution in [3.8, 4) is 11.3 Å². The molecule has 38 heavy (non-hydrogen) atoms. The van der Waals surface area contributed by atoms with E-state index in [1.807, 2.05) is 13.1 Å². The molecule has 3 aromatic rings. The Balaban J connectivity index is 1.43. The fraction of sp³-hybridized carbons (Fsp3) is 0.583. The maximum Gasteiger partial charge on any atom is 0.178 e. The highest BCUT2D eigenvalue weighted by molar-refractivity contribution is 6.30. The zero-order valence-electron chi connectivity index (χ0n) is 21.0. The summed E-state index contributed by atoms with van der Waals surface area (Å²) in [6.45, 7) is 4.22. The molecule has 2 aromatic heterocycles. The summed E-state index contributed by atoms with van der Waals surface area (Å²) in [6, 6.07) is 1.65. The van der Waals surface area contributed by atoms with E-state index in [-0.39, 0.29) is 34.3 Å². The zero-order valence-corrected chi connectivity index (χ0v) is 21.8. The molecular weight excluding hydrogens is 526 g/mol. The number of hydrogen-bond acceptors (Lipinski definition) is 9. The number of aliphatic hydroxyl groups is 2. The number of ether oxygens (including phenoxy) is 3. The van der Waals surface area contributed by atoms with Crippen LogP contribution in [0.2, 0.25) is 5.02 Å². The number of nitrogens with zero attached hydrogens (tertiary/aromatic N) is 6. The summed E-state index contributed by atoms with van der Waals surface area (Å²) in [5.74, 6) is -2.36. The Kier molecular flexibility index (Phi) is 7.50. The lowest BCUT2D eigenvalue weighted by atomic mass is 9.90. The number of aliphatic hydroxyl groups excluding tert-OH is 2. The summed E-state index contributed by atoms with van der Waals surface area (Å²) in [6.07, 6.45) is 0.614. The monoisotopic (exact) mass is 554 g/mol. The molecular formula is C24H29ClF2N6O5. The predicted octanol–water partition coefficient (Wildman–Crippen LogP) is 1.91. The molecule has 0 radical (unpaired) electrons. The Morgan fingerprint density at radius 1 is 1.18 bits per heavy atom. The van der Waals surface area contributed by atoms with Gasteiger partial charge in [0.05, 0.1) is 41.3 Å². The number of hydrogen-bond donors (Lipinski definition) is 2. The van der Waals surface area contributed by atoms with Crippen molar-refractivity contribution in [3.63, 3.8) is 0 Å². The van der Waals surface area contributed by atoms with Crippen LogP contribution in [0.25, 0.3) is 11.3 Å². The van der Waals surface area contributed by atoms with Crippen LogP contribution in [0.3, 0.4) is 0 Å². The van der Waals surface area contributed by atoms with Crippen molar-refractivity contribution in [1.29, 1.82) is 0 Å². The first-order valence-corrected chi connectivity index (χ1v) is 12.6. The Morgan fingerprint density at radius 3 is 2.66 bits per heavy atom. The first-order valence-electron chi connectivity index (χ1n) is 12.2. The van der Waals surface area contributed by atoms with Gasteiger partial charge in [-0.15, -0.1) is 10.2 Å². The Labute approximate surface area is 222 Å². The van der Waals surface area contributed by atoms with Crippen molar-refractivity contribution < 1.29 is 33.2 Å². The molecule has 7 atom stereocenters. The summed E-state index contributed by atoms with van der Waals surface area (Å²) in [4.78, 5) is 0. The van der Waals surface area contributed by atoms with Crippen LogP contribution in [0.5, 0.6) is 0 Å². The minimum Gasteiger partial charge on any atom is -0.394 e. The summed E-state index contributed by atoms with van der Waals surface area (Å²) in [5, 5.41) is 37.3. The SMILES string of the molecule is CO[C@@H]1[C@@H](n2cc(-c3ccc(Cl)c(F)c3F)nn2)[C@@H](O)[C@@H](CO)O[C@@H]1Cc1cn([C@]2(C)CCO[C@@H]2C)nn1.